The van der Waals surface area contributed by atoms with Gasteiger partial charge in [-0.15, -0.1) is 0 Å². The SMILES string of the molecule is C=C(C(=O)OC1CC(C(O)(C(F)(F)F)C(F)(F)F)CC(C(O)(C(F)(F)F)C(F)(F)F)C1)C(F)(F)F.C=C(C(=O)OCC(=O)OC1(CC)CCCC1)C(F)(F)F. The number of carbonyl (C=O) groups is 3. The Balaban J connectivity index is 0.000000638. The number of ether oxygens (including phenoxy) is 3. The summed E-state index contributed by atoms with van der Waals surface area (Å²) in [6, 6.07) is 0. The van der Waals surface area contributed by atoms with E-state index in [1.165, 1.54) is 0 Å². The van der Waals surface area contributed by atoms with Gasteiger partial charge in [-0.3, -0.25) is 0 Å². The number of halogens is 18. The predicted molar refractivity (Wildman–Crippen MR) is 144 cm³/mol. The third kappa shape index (κ3) is 11.3. The Kier molecular flexibility index (Phi) is 14.9. The van der Waals surface area contributed by atoms with Gasteiger partial charge in [0.1, 0.15) is 22.9 Å². The maximum Gasteiger partial charge on any atom is 0.426 e. The van der Waals surface area contributed by atoms with E-state index in [9.17, 15) is 104 Å². The molecule has 0 aromatic rings. The van der Waals surface area contributed by atoms with Crippen molar-refractivity contribution in [3.63, 3.8) is 0 Å². The van der Waals surface area contributed by atoms with Gasteiger partial charge >= 0.3 is 55.0 Å². The van der Waals surface area contributed by atoms with E-state index in [1.54, 1.807) is 0 Å². The fraction of sp³-hybridized carbons (Fsp3) is 0.759. The Morgan fingerprint density at radius 2 is 0.964 bits per heavy atom. The molecule has 2 unspecified atom stereocenters. The Morgan fingerprint density at radius 3 is 1.27 bits per heavy atom. The van der Waals surface area contributed by atoms with Gasteiger partial charge in [-0.2, -0.15) is 79.0 Å². The lowest BCUT2D eigenvalue weighted by Crippen LogP contribution is -2.67. The summed E-state index contributed by atoms with van der Waals surface area (Å²) in [6.07, 6.45) is -42.9. The lowest BCUT2D eigenvalue weighted by molar-refractivity contribution is -0.405. The minimum absolute atomic E-state index is 0.565. The highest BCUT2D eigenvalue weighted by Gasteiger charge is 2.78. The zero-order chi connectivity index (χ0) is 43.6. The van der Waals surface area contributed by atoms with Crippen molar-refractivity contribution in [2.24, 2.45) is 11.8 Å². The largest absolute Gasteiger partial charge is 0.459 e. The van der Waals surface area contributed by atoms with E-state index in [4.69, 9.17) is 4.74 Å². The fourth-order valence-corrected chi connectivity index (χ4v) is 5.78. The van der Waals surface area contributed by atoms with E-state index in [-0.39, 0.29) is 0 Å². The molecule has 2 fully saturated rings. The first-order chi connectivity index (χ1) is 24.3. The van der Waals surface area contributed by atoms with Gasteiger partial charge in [-0.25, -0.2) is 14.4 Å². The molecule has 2 aliphatic rings. The summed E-state index contributed by atoms with van der Waals surface area (Å²) in [5.74, 6) is -12.5. The second-order valence-electron chi connectivity index (χ2n) is 12.4. The molecular weight excluding hydrogens is 818 g/mol. The van der Waals surface area contributed by atoms with Gasteiger partial charge in [-0.1, -0.05) is 20.1 Å². The molecule has 0 radical (unpaired) electrons. The minimum atomic E-state index is -6.78. The standard InChI is InChI=1S/C16H13F15O4.C13H17F3O4/c1-5(12(17,18)19)9(32)35-8-3-6(10(33,13(20,21)22)14(23,24)25)2-7(4-8)11(34,15(26,27)28)16(29,30)31;1-3-12(6-4-5-7-12)20-10(17)8-19-11(18)9(2)13(14,15)16/h6-8,33-34H,1-4H2;2-8H2,1H3. The molecule has 2 N–H and O–H groups in total. The van der Waals surface area contributed by atoms with Crippen molar-refractivity contribution in [1.82, 2.24) is 0 Å². The van der Waals surface area contributed by atoms with E-state index in [0.29, 0.717) is 6.42 Å². The number of rotatable bonds is 9. The van der Waals surface area contributed by atoms with Gasteiger partial charge < -0.3 is 24.4 Å². The number of hydrogen-bond donors (Lipinski definition) is 2. The van der Waals surface area contributed by atoms with Gasteiger partial charge in [0.2, 0.25) is 0 Å². The Bertz CT molecular complexity index is 1320. The Labute approximate surface area is 297 Å². The second kappa shape index (κ2) is 16.6. The van der Waals surface area contributed by atoms with Crippen LogP contribution >= 0.6 is 0 Å². The van der Waals surface area contributed by atoms with Crippen molar-refractivity contribution in [3.8, 4) is 0 Å². The molecular formula is C29H30F18O8. The molecule has 0 bridgehead atoms. The number of aliphatic hydroxyl groups is 2. The van der Waals surface area contributed by atoms with Crippen molar-refractivity contribution in [1.29, 1.82) is 0 Å². The van der Waals surface area contributed by atoms with Crippen LogP contribution in [0.2, 0.25) is 0 Å². The smallest absolute Gasteiger partial charge is 0.426 e. The zero-order valence-corrected chi connectivity index (χ0v) is 27.7. The van der Waals surface area contributed by atoms with Crippen LogP contribution in [-0.2, 0) is 28.6 Å². The van der Waals surface area contributed by atoms with Crippen molar-refractivity contribution < 1.29 is 118 Å². The first-order valence-electron chi connectivity index (χ1n) is 15.2. The predicted octanol–water partition coefficient (Wildman–Crippen LogP) is 8.06. The second-order valence-corrected chi connectivity index (χ2v) is 12.4. The van der Waals surface area contributed by atoms with Crippen LogP contribution < -0.4 is 0 Å². The molecule has 55 heavy (non-hydrogen) atoms. The molecule has 0 aliphatic heterocycles. The summed E-state index contributed by atoms with van der Waals surface area (Å²) < 4.78 is 246. The van der Waals surface area contributed by atoms with E-state index < -0.39 is 127 Å². The van der Waals surface area contributed by atoms with Gasteiger partial charge in [0.05, 0.1) is 0 Å². The van der Waals surface area contributed by atoms with Crippen LogP contribution in [-0.4, -0.2) is 94.7 Å². The number of hydrogen-bond acceptors (Lipinski definition) is 8. The number of carbonyl (C=O) groups excluding carboxylic acids is 3. The topological polar surface area (TPSA) is 119 Å². The lowest BCUT2D eigenvalue weighted by atomic mass is 9.65. The minimum Gasteiger partial charge on any atom is -0.459 e. The third-order valence-corrected chi connectivity index (χ3v) is 8.84. The monoisotopic (exact) mass is 848 g/mol. The maximum absolute atomic E-state index is 13.2. The van der Waals surface area contributed by atoms with Crippen LogP contribution in [0.3, 0.4) is 0 Å². The van der Waals surface area contributed by atoms with E-state index in [0.717, 1.165) is 25.7 Å². The van der Waals surface area contributed by atoms with Crippen LogP contribution in [0.1, 0.15) is 58.3 Å². The first-order valence-corrected chi connectivity index (χ1v) is 15.2. The zero-order valence-electron chi connectivity index (χ0n) is 27.7. The quantitative estimate of drug-likeness (QED) is 0.104. The maximum atomic E-state index is 13.2. The Hall–Kier alpha value is -3.45. The molecule has 8 nitrogen and oxygen atoms in total. The fourth-order valence-electron chi connectivity index (χ4n) is 5.78. The van der Waals surface area contributed by atoms with Crippen LogP contribution in [0.5, 0.6) is 0 Å². The highest BCUT2D eigenvalue weighted by molar-refractivity contribution is 5.90. The summed E-state index contributed by atoms with van der Waals surface area (Å²) in [5, 5.41) is 18.9. The van der Waals surface area contributed by atoms with Crippen molar-refractivity contribution >= 4 is 17.9 Å². The van der Waals surface area contributed by atoms with Gasteiger partial charge in [-0.05, 0) is 51.4 Å². The molecule has 2 saturated carbocycles. The third-order valence-electron chi connectivity index (χ3n) is 8.84. The van der Waals surface area contributed by atoms with Crippen LogP contribution in [0.15, 0.2) is 24.3 Å². The molecule has 0 saturated heterocycles. The number of esters is 3. The van der Waals surface area contributed by atoms with Crippen LogP contribution in [0.4, 0.5) is 79.0 Å². The lowest BCUT2D eigenvalue weighted by Gasteiger charge is -2.48. The van der Waals surface area contributed by atoms with Crippen LogP contribution in [0.25, 0.3) is 0 Å². The van der Waals surface area contributed by atoms with Gasteiger partial charge in [0.25, 0.3) is 11.2 Å². The summed E-state index contributed by atoms with van der Waals surface area (Å²) in [4.78, 5) is 34.1. The highest BCUT2D eigenvalue weighted by Crippen LogP contribution is 2.58. The average Bonchev–Trinajstić information content (AvgIpc) is 3.47. The summed E-state index contributed by atoms with van der Waals surface area (Å²) in [6.45, 7) is 5.78. The molecule has 2 atom stereocenters. The Morgan fingerprint density at radius 1 is 0.618 bits per heavy atom. The molecule has 0 aromatic heterocycles. The molecule has 0 heterocycles. The van der Waals surface area contributed by atoms with E-state index in [2.05, 4.69) is 22.6 Å². The van der Waals surface area contributed by atoms with Gasteiger partial charge in [0, 0.05) is 11.8 Å². The average molecular weight is 849 g/mol. The molecule has 0 amide bonds. The normalized spacial score (nSPS) is 21.5. The van der Waals surface area contributed by atoms with E-state index >= 15 is 0 Å². The van der Waals surface area contributed by atoms with Crippen LogP contribution in [0, 0.1) is 11.8 Å². The van der Waals surface area contributed by atoms with E-state index in [1.807, 2.05) is 6.92 Å². The summed E-state index contributed by atoms with van der Waals surface area (Å²) >= 11 is 0. The molecule has 2 aliphatic carbocycles. The molecule has 0 aromatic carbocycles. The van der Waals surface area contributed by atoms with Crippen molar-refractivity contribution in [3.05, 3.63) is 24.3 Å². The van der Waals surface area contributed by atoms with Crippen molar-refractivity contribution in [2.75, 3.05) is 6.61 Å². The summed E-state index contributed by atoms with van der Waals surface area (Å²) in [5.41, 5.74) is -16.6. The molecule has 26 heteroatoms. The highest BCUT2D eigenvalue weighted by atomic mass is 19.4. The van der Waals surface area contributed by atoms with Crippen molar-refractivity contribution in [2.45, 2.75) is 118 Å². The van der Waals surface area contributed by atoms with Gasteiger partial charge in [0.15, 0.2) is 6.61 Å². The first kappa shape index (κ1) is 49.6. The summed E-state index contributed by atoms with van der Waals surface area (Å²) in [7, 11) is 0. The number of alkyl halides is 18. The molecule has 0 spiro atoms. The molecule has 320 valence electrons. The molecule has 2 rings (SSSR count).